The molecule has 86 valence electrons. The van der Waals surface area contributed by atoms with Crippen molar-refractivity contribution in [3.8, 4) is 0 Å². The molecule has 0 aliphatic heterocycles. The van der Waals surface area contributed by atoms with E-state index in [-0.39, 0.29) is 0 Å². The Hall–Kier alpha value is -0.530. The van der Waals surface area contributed by atoms with Gasteiger partial charge in [0.05, 0.1) is 0 Å². The molecule has 0 aromatic rings. The molecule has 0 spiro atoms. The third kappa shape index (κ3) is 22.5. The topological polar surface area (TPSA) is 37.3 Å². The van der Waals surface area contributed by atoms with Crippen molar-refractivity contribution in [3.05, 3.63) is 0 Å². The van der Waals surface area contributed by atoms with Crippen LogP contribution in [0.4, 0.5) is 0 Å². The molecule has 0 unspecified atom stereocenters. The van der Waals surface area contributed by atoms with Crippen LogP contribution in [0.2, 0.25) is 0 Å². The van der Waals surface area contributed by atoms with E-state index in [0.29, 0.717) is 6.42 Å². The van der Waals surface area contributed by atoms with E-state index >= 15 is 0 Å². The maximum Gasteiger partial charge on any atom is 0.303 e. The van der Waals surface area contributed by atoms with Crippen LogP contribution in [0, 0.1) is 0 Å². The molecule has 0 aliphatic rings. The second kappa shape index (κ2) is 15.0. The van der Waals surface area contributed by atoms with Crippen LogP contribution in [-0.4, -0.2) is 11.1 Å². The quantitative estimate of drug-likeness (QED) is 0.627. The molecular weight excluding hydrogens is 176 g/mol. The molecular formula is C12H26O2. The first-order chi connectivity index (χ1) is 6.68. The molecule has 0 amide bonds. The normalized spacial score (nSPS) is 9.07. The van der Waals surface area contributed by atoms with E-state index < -0.39 is 5.97 Å². The fourth-order valence-electron chi connectivity index (χ4n) is 1.06. The smallest absolute Gasteiger partial charge is 0.303 e. The monoisotopic (exact) mass is 202 g/mol. The minimum absolute atomic E-state index is 0.339. The number of carboxylic acid groups (broad SMARTS) is 1. The van der Waals surface area contributed by atoms with E-state index in [1.54, 1.807) is 0 Å². The highest BCUT2D eigenvalue weighted by Crippen LogP contribution is 2.06. The Morgan fingerprint density at radius 1 is 0.929 bits per heavy atom. The number of hydrogen-bond donors (Lipinski definition) is 1. The zero-order valence-corrected chi connectivity index (χ0v) is 10.0. The average molecular weight is 202 g/mol. The third-order valence-electron chi connectivity index (χ3n) is 1.74. The molecule has 2 heteroatoms. The van der Waals surface area contributed by atoms with Gasteiger partial charge in [0.1, 0.15) is 0 Å². The van der Waals surface area contributed by atoms with Crippen LogP contribution >= 0.6 is 0 Å². The molecule has 1 N–H and O–H groups in total. The maximum atomic E-state index is 10.1. The SMILES string of the molecule is CCC.CCCCCCCCC(=O)O. The van der Waals surface area contributed by atoms with E-state index in [9.17, 15) is 4.79 Å². The molecule has 0 rings (SSSR count). The van der Waals surface area contributed by atoms with Crippen molar-refractivity contribution < 1.29 is 9.90 Å². The molecule has 0 bridgehead atoms. The molecule has 0 saturated heterocycles. The number of rotatable bonds is 7. The van der Waals surface area contributed by atoms with Crippen LogP contribution in [0.15, 0.2) is 0 Å². The van der Waals surface area contributed by atoms with Crippen molar-refractivity contribution >= 4 is 5.97 Å². The number of unbranched alkanes of at least 4 members (excludes halogenated alkanes) is 5. The zero-order chi connectivity index (χ0) is 11.2. The van der Waals surface area contributed by atoms with Crippen LogP contribution in [0.25, 0.3) is 0 Å². The second-order valence-corrected chi connectivity index (χ2v) is 3.62. The fraction of sp³-hybridized carbons (Fsp3) is 0.917. The largest absolute Gasteiger partial charge is 0.481 e. The number of carboxylic acids is 1. The summed E-state index contributed by atoms with van der Waals surface area (Å²) in [7, 11) is 0. The molecule has 0 aliphatic carbocycles. The van der Waals surface area contributed by atoms with Gasteiger partial charge in [0.25, 0.3) is 0 Å². The predicted octanol–water partition coefficient (Wildman–Crippen LogP) is 4.24. The lowest BCUT2D eigenvalue weighted by Gasteiger charge is -1.97. The standard InChI is InChI=1S/C9H18O2.C3H8/c1-2-3-4-5-6-7-8-9(10)11;1-3-2/h2-8H2,1H3,(H,10,11);3H2,1-2H3. The Bertz CT molecular complexity index is 111. The summed E-state index contributed by atoms with van der Waals surface area (Å²) < 4.78 is 0. The molecule has 0 atom stereocenters. The Morgan fingerprint density at radius 2 is 1.36 bits per heavy atom. The van der Waals surface area contributed by atoms with Gasteiger partial charge in [-0.25, -0.2) is 0 Å². The van der Waals surface area contributed by atoms with E-state index in [2.05, 4.69) is 20.8 Å². The van der Waals surface area contributed by atoms with Gasteiger partial charge in [0.15, 0.2) is 0 Å². The summed E-state index contributed by atoms with van der Waals surface area (Å²) in [6, 6.07) is 0. The van der Waals surface area contributed by atoms with Gasteiger partial charge in [-0.05, 0) is 6.42 Å². The minimum atomic E-state index is -0.666. The number of hydrogen-bond acceptors (Lipinski definition) is 1. The van der Waals surface area contributed by atoms with Gasteiger partial charge in [-0.1, -0.05) is 59.3 Å². The summed E-state index contributed by atoms with van der Waals surface area (Å²) in [6.07, 6.45) is 8.50. The van der Waals surface area contributed by atoms with E-state index in [4.69, 9.17) is 5.11 Å². The lowest BCUT2D eigenvalue weighted by Crippen LogP contribution is -1.93. The Labute approximate surface area is 88.7 Å². The van der Waals surface area contributed by atoms with Gasteiger partial charge >= 0.3 is 5.97 Å². The highest BCUT2D eigenvalue weighted by Gasteiger charge is 1.95. The molecule has 0 saturated carbocycles. The van der Waals surface area contributed by atoms with Crippen molar-refractivity contribution in [1.29, 1.82) is 0 Å². The lowest BCUT2D eigenvalue weighted by molar-refractivity contribution is -0.137. The van der Waals surface area contributed by atoms with Crippen molar-refractivity contribution in [2.24, 2.45) is 0 Å². The number of carbonyl (C=O) groups is 1. The van der Waals surface area contributed by atoms with Crippen LogP contribution in [0.5, 0.6) is 0 Å². The molecule has 2 nitrogen and oxygen atoms in total. The minimum Gasteiger partial charge on any atom is -0.481 e. The predicted molar refractivity (Wildman–Crippen MR) is 61.6 cm³/mol. The summed E-state index contributed by atoms with van der Waals surface area (Å²) in [5.74, 6) is -0.666. The van der Waals surface area contributed by atoms with Gasteiger partial charge in [-0.2, -0.15) is 0 Å². The van der Waals surface area contributed by atoms with Gasteiger partial charge in [0.2, 0.25) is 0 Å². The van der Waals surface area contributed by atoms with Gasteiger partial charge < -0.3 is 5.11 Å². The molecule has 14 heavy (non-hydrogen) atoms. The van der Waals surface area contributed by atoms with Crippen molar-refractivity contribution in [3.63, 3.8) is 0 Å². The van der Waals surface area contributed by atoms with Crippen molar-refractivity contribution in [1.82, 2.24) is 0 Å². The first-order valence-corrected chi connectivity index (χ1v) is 5.90. The Kier molecular flexibility index (Phi) is 17.0. The van der Waals surface area contributed by atoms with Crippen LogP contribution in [0.3, 0.4) is 0 Å². The summed E-state index contributed by atoms with van der Waals surface area (Å²) >= 11 is 0. The summed E-state index contributed by atoms with van der Waals surface area (Å²) in [6.45, 7) is 6.43. The highest BCUT2D eigenvalue weighted by atomic mass is 16.4. The second-order valence-electron chi connectivity index (χ2n) is 3.62. The first kappa shape index (κ1) is 15.9. The maximum absolute atomic E-state index is 10.1. The van der Waals surface area contributed by atoms with E-state index in [1.807, 2.05) is 0 Å². The Balaban J connectivity index is 0. The molecule has 0 fully saturated rings. The van der Waals surface area contributed by atoms with E-state index in [1.165, 1.54) is 32.1 Å². The highest BCUT2D eigenvalue weighted by molar-refractivity contribution is 5.66. The molecule has 0 heterocycles. The average Bonchev–Trinajstić information content (AvgIpc) is 2.12. The van der Waals surface area contributed by atoms with Gasteiger partial charge in [-0.3, -0.25) is 4.79 Å². The molecule has 0 radical (unpaired) electrons. The molecule has 0 aromatic carbocycles. The van der Waals surface area contributed by atoms with Crippen molar-refractivity contribution in [2.45, 2.75) is 72.1 Å². The van der Waals surface area contributed by atoms with Crippen molar-refractivity contribution in [2.75, 3.05) is 0 Å². The van der Waals surface area contributed by atoms with Gasteiger partial charge in [-0.15, -0.1) is 0 Å². The van der Waals surface area contributed by atoms with Gasteiger partial charge in [0, 0.05) is 6.42 Å². The summed E-state index contributed by atoms with van der Waals surface area (Å²) in [4.78, 5) is 10.1. The first-order valence-electron chi connectivity index (χ1n) is 5.90. The molecule has 0 aromatic heterocycles. The Morgan fingerprint density at radius 3 is 1.79 bits per heavy atom. The lowest BCUT2D eigenvalue weighted by atomic mass is 10.1. The fourth-order valence-corrected chi connectivity index (χ4v) is 1.06. The summed E-state index contributed by atoms with van der Waals surface area (Å²) in [5.41, 5.74) is 0. The van der Waals surface area contributed by atoms with Crippen LogP contribution < -0.4 is 0 Å². The third-order valence-corrected chi connectivity index (χ3v) is 1.74. The van der Waals surface area contributed by atoms with Crippen LogP contribution in [0.1, 0.15) is 72.1 Å². The summed E-state index contributed by atoms with van der Waals surface area (Å²) in [5, 5.41) is 8.32. The van der Waals surface area contributed by atoms with Crippen LogP contribution in [-0.2, 0) is 4.79 Å². The van der Waals surface area contributed by atoms with E-state index in [0.717, 1.165) is 12.8 Å². The number of aliphatic carboxylic acids is 1. The zero-order valence-electron chi connectivity index (χ0n) is 10.0.